The van der Waals surface area contributed by atoms with Crippen LogP contribution in [0, 0.1) is 0 Å². The predicted octanol–water partition coefficient (Wildman–Crippen LogP) is 2.68. The lowest BCUT2D eigenvalue weighted by molar-refractivity contribution is 0.135. The van der Waals surface area contributed by atoms with Crippen molar-refractivity contribution in [2.45, 2.75) is 12.1 Å². The molecule has 1 saturated heterocycles. The molecule has 78 valence electrons. The van der Waals surface area contributed by atoms with Gasteiger partial charge in [0.25, 0.3) is 0 Å². The molecule has 3 heteroatoms. The Morgan fingerprint density at radius 3 is 2.62 bits per heavy atom. The van der Waals surface area contributed by atoms with E-state index in [1.54, 1.807) is 0 Å². The van der Waals surface area contributed by atoms with Crippen molar-refractivity contribution >= 4 is 16.9 Å². The number of rotatable bonds is 0. The van der Waals surface area contributed by atoms with Gasteiger partial charge in [-0.05, 0) is 16.3 Å². The normalized spacial score (nSPS) is 25.4. The zero-order valence-corrected chi connectivity index (χ0v) is 8.44. The molecule has 1 fully saturated rings. The maximum Gasteiger partial charge on any atom is 0.408 e. The molecule has 3 nitrogen and oxygen atoms in total. The highest BCUT2D eigenvalue weighted by Crippen LogP contribution is 2.48. The van der Waals surface area contributed by atoms with Crippen LogP contribution in [0.3, 0.4) is 0 Å². The second kappa shape index (κ2) is 2.55. The minimum absolute atomic E-state index is 0.00593. The predicted molar refractivity (Wildman–Crippen MR) is 59.0 cm³/mol. The Labute approximate surface area is 92.0 Å². The molecule has 1 N–H and O–H groups in total. The Morgan fingerprint density at radius 2 is 1.81 bits per heavy atom. The quantitative estimate of drug-likeness (QED) is 0.727. The summed E-state index contributed by atoms with van der Waals surface area (Å²) >= 11 is 0. The fourth-order valence-corrected chi connectivity index (χ4v) is 2.80. The molecule has 0 saturated carbocycles. The smallest absolute Gasteiger partial charge is 0.408 e. The first kappa shape index (κ1) is 8.16. The second-order valence-electron chi connectivity index (χ2n) is 4.24. The molecule has 0 radical (unpaired) electrons. The summed E-state index contributed by atoms with van der Waals surface area (Å²) in [6.45, 7) is 0. The first-order valence-electron chi connectivity index (χ1n) is 5.33. The van der Waals surface area contributed by atoms with Crippen LogP contribution in [-0.2, 0) is 4.74 Å². The van der Waals surface area contributed by atoms with E-state index in [1.165, 1.54) is 16.3 Å². The SMILES string of the molecule is O=C1N[C@@H]2c3cccc4cccc(c34)[C@@H]2O1. The molecule has 2 aliphatic rings. The van der Waals surface area contributed by atoms with Crippen LogP contribution in [-0.4, -0.2) is 6.09 Å². The fraction of sp³-hybridized carbons (Fsp3) is 0.154. The summed E-state index contributed by atoms with van der Waals surface area (Å²) in [5.41, 5.74) is 2.29. The zero-order valence-electron chi connectivity index (χ0n) is 8.44. The zero-order chi connectivity index (χ0) is 10.7. The highest BCUT2D eigenvalue weighted by atomic mass is 16.6. The summed E-state index contributed by atoms with van der Waals surface area (Å²) in [5.74, 6) is 0. The summed E-state index contributed by atoms with van der Waals surface area (Å²) in [7, 11) is 0. The van der Waals surface area contributed by atoms with E-state index in [2.05, 4.69) is 23.5 Å². The molecule has 2 aromatic rings. The molecule has 0 unspecified atom stereocenters. The number of nitrogens with one attached hydrogen (secondary N) is 1. The van der Waals surface area contributed by atoms with Crippen LogP contribution >= 0.6 is 0 Å². The van der Waals surface area contributed by atoms with Gasteiger partial charge in [0.05, 0.1) is 6.04 Å². The number of benzene rings is 2. The van der Waals surface area contributed by atoms with Crippen molar-refractivity contribution in [3.8, 4) is 0 Å². The van der Waals surface area contributed by atoms with Crippen LogP contribution in [0.4, 0.5) is 4.79 Å². The minimum atomic E-state index is -0.318. The van der Waals surface area contributed by atoms with Crippen molar-refractivity contribution in [1.82, 2.24) is 5.32 Å². The summed E-state index contributed by atoms with van der Waals surface area (Å²) in [6.07, 6.45) is -0.463. The topological polar surface area (TPSA) is 38.3 Å². The molecule has 1 amide bonds. The van der Waals surface area contributed by atoms with Gasteiger partial charge >= 0.3 is 6.09 Å². The van der Waals surface area contributed by atoms with E-state index >= 15 is 0 Å². The number of ether oxygens (including phenoxy) is 1. The molecule has 0 spiro atoms. The van der Waals surface area contributed by atoms with Gasteiger partial charge in [0.15, 0.2) is 6.10 Å². The average molecular weight is 211 g/mol. The molecule has 2 aromatic carbocycles. The molecule has 1 aliphatic heterocycles. The number of hydrogen-bond donors (Lipinski definition) is 1. The Bertz CT molecular complexity index is 572. The number of alkyl carbamates (subject to hydrolysis) is 1. The molecule has 2 atom stereocenters. The van der Waals surface area contributed by atoms with E-state index in [-0.39, 0.29) is 18.2 Å². The van der Waals surface area contributed by atoms with Crippen LogP contribution < -0.4 is 5.32 Å². The van der Waals surface area contributed by atoms with Gasteiger partial charge in [0.2, 0.25) is 0 Å². The molecular formula is C13H9NO2. The van der Waals surface area contributed by atoms with Crippen LogP contribution in [0.1, 0.15) is 23.3 Å². The van der Waals surface area contributed by atoms with Crippen LogP contribution in [0.15, 0.2) is 36.4 Å². The van der Waals surface area contributed by atoms with Gasteiger partial charge in [-0.15, -0.1) is 0 Å². The Balaban J connectivity index is 2.09. The summed E-state index contributed by atoms with van der Waals surface area (Å²) in [6, 6.07) is 12.3. The first-order chi connectivity index (χ1) is 7.84. The Morgan fingerprint density at radius 1 is 1.06 bits per heavy atom. The van der Waals surface area contributed by atoms with Crippen molar-refractivity contribution < 1.29 is 9.53 Å². The molecular weight excluding hydrogens is 202 g/mol. The number of amides is 1. The first-order valence-corrected chi connectivity index (χ1v) is 5.33. The summed E-state index contributed by atoms with van der Waals surface area (Å²) in [5, 5.41) is 5.31. The largest absolute Gasteiger partial charge is 0.439 e. The van der Waals surface area contributed by atoms with Gasteiger partial charge in [-0.1, -0.05) is 36.4 Å². The van der Waals surface area contributed by atoms with Crippen LogP contribution in [0.2, 0.25) is 0 Å². The van der Waals surface area contributed by atoms with Gasteiger partial charge < -0.3 is 10.1 Å². The average Bonchev–Trinajstić information content (AvgIpc) is 2.80. The van der Waals surface area contributed by atoms with Gasteiger partial charge in [-0.2, -0.15) is 0 Å². The second-order valence-corrected chi connectivity index (χ2v) is 4.24. The van der Waals surface area contributed by atoms with E-state index in [0.717, 1.165) is 5.56 Å². The monoisotopic (exact) mass is 211 g/mol. The Hall–Kier alpha value is -2.03. The molecule has 1 aliphatic carbocycles. The number of hydrogen-bond acceptors (Lipinski definition) is 2. The highest BCUT2D eigenvalue weighted by molar-refractivity contribution is 5.93. The molecule has 1 heterocycles. The molecule has 0 aromatic heterocycles. The summed E-state index contributed by atoms with van der Waals surface area (Å²) in [4.78, 5) is 11.3. The maximum absolute atomic E-state index is 11.3. The maximum atomic E-state index is 11.3. The lowest BCUT2D eigenvalue weighted by Crippen LogP contribution is -2.17. The molecule has 16 heavy (non-hydrogen) atoms. The van der Waals surface area contributed by atoms with Crippen molar-refractivity contribution in [3.05, 3.63) is 47.5 Å². The van der Waals surface area contributed by atoms with Crippen LogP contribution in [0.5, 0.6) is 0 Å². The van der Waals surface area contributed by atoms with E-state index in [0.29, 0.717) is 0 Å². The lowest BCUT2D eigenvalue weighted by atomic mass is 10.0. The third-order valence-electron chi connectivity index (χ3n) is 3.42. The van der Waals surface area contributed by atoms with Crippen molar-refractivity contribution in [3.63, 3.8) is 0 Å². The van der Waals surface area contributed by atoms with Gasteiger partial charge in [-0.3, -0.25) is 0 Å². The Kier molecular flexibility index (Phi) is 1.30. The molecule has 4 rings (SSSR count). The van der Waals surface area contributed by atoms with Crippen LogP contribution in [0.25, 0.3) is 10.8 Å². The highest BCUT2D eigenvalue weighted by Gasteiger charge is 2.42. The number of fused-ring (bicyclic) bond motifs is 3. The van der Waals surface area contributed by atoms with E-state index < -0.39 is 0 Å². The van der Waals surface area contributed by atoms with Gasteiger partial charge in [0, 0.05) is 5.56 Å². The third kappa shape index (κ3) is 0.818. The fourth-order valence-electron chi connectivity index (χ4n) is 2.80. The van der Waals surface area contributed by atoms with Gasteiger partial charge in [0.1, 0.15) is 0 Å². The van der Waals surface area contributed by atoms with Gasteiger partial charge in [-0.25, -0.2) is 4.79 Å². The van der Waals surface area contributed by atoms with Crippen molar-refractivity contribution in [1.29, 1.82) is 0 Å². The third-order valence-corrected chi connectivity index (χ3v) is 3.42. The number of carbonyl (C=O) groups is 1. The van der Waals surface area contributed by atoms with Crippen molar-refractivity contribution in [2.24, 2.45) is 0 Å². The molecule has 0 bridgehead atoms. The lowest BCUT2D eigenvalue weighted by Gasteiger charge is -2.07. The van der Waals surface area contributed by atoms with Crippen molar-refractivity contribution in [2.75, 3.05) is 0 Å². The van der Waals surface area contributed by atoms with E-state index in [1.807, 2.05) is 18.2 Å². The standard InChI is InChI=1S/C13H9NO2/c15-13-14-11-8-5-1-3-7-4-2-6-9(10(7)8)12(11)16-13/h1-6,11-12H,(H,14,15)/t11-,12+/m1/s1. The van der Waals surface area contributed by atoms with E-state index in [9.17, 15) is 4.79 Å². The number of carbonyl (C=O) groups excluding carboxylic acids is 1. The van der Waals surface area contributed by atoms with E-state index in [4.69, 9.17) is 4.74 Å². The summed E-state index contributed by atoms with van der Waals surface area (Å²) < 4.78 is 5.31. The minimum Gasteiger partial charge on any atom is -0.439 e.